The van der Waals surface area contributed by atoms with Gasteiger partial charge in [-0.2, -0.15) is 5.26 Å². The maximum Gasteiger partial charge on any atom is 0.254 e. The van der Waals surface area contributed by atoms with Crippen LogP contribution in [-0.4, -0.2) is 23.4 Å². The molecule has 1 aromatic carbocycles. The lowest BCUT2D eigenvalue weighted by atomic mass is 10.1. The van der Waals surface area contributed by atoms with Crippen molar-refractivity contribution in [3.8, 4) is 6.07 Å². The van der Waals surface area contributed by atoms with Gasteiger partial charge >= 0.3 is 0 Å². The van der Waals surface area contributed by atoms with E-state index in [-0.39, 0.29) is 11.9 Å². The molecule has 0 N–H and O–H groups in total. The average Bonchev–Trinajstić information content (AvgIpc) is 2.38. The van der Waals surface area contributed by atoms with Gasteiger partial charge in [-0.05, 0) is 31.5 Å². The number of nitriles is 1. The predicted molar refractivity (Wildman–Crippen MR) is 75.5 cm³/mol. The highest BCUT2D eigenvalue weighted by atomic mass is 79.9. The second-order valence-corrected chi connectivity index (χ2v) is 4.89. The first-order valence-corrected chi connectivity index (χ1v) is 7.05. The minimum atomic E-state index is -0.0126. The van der Waals surface area contributed by atoms with Crippen molar-refractivity contribution in [1.82, 2.24) is 4.90 Å². The molecule has 3 nitrogen and oxygen atoms in total. The monoisotopic (exact) mass is 308 g/mol. The van der Waals surface area contributed by atoms with Crippen molar-refractivity contribution < 1.29 is 4.79 Å². The van der Waals surface area contributed by atoms with Gasteiger partial charge in [0.2, 0.25) is 0 Å². The van der Waals surface area contributed by atoms with E-state index in [0.717, 1.165) is 10.9 Å². The number of alkyl halides is 1. The van der Waals surface area contributed by atoms with Crippen LogP contribution in [0, 0.1) is 11.3 Å². The molecule has 18 heavy (non-hydrogen) atoms. The molecule has 0 aliphatic heterocycles. The molecule has 0 atom stereocenters. The van der Waals surface area contributed by atoms with Gasteiger partial charge in [0, 0.05) is 23.5 Å². The Labute approximate surface area is 117 Å². The van der Waals surface area contributed by atoms with Gasteiger partial charge in [-0.25, -0.2) is 0 Å². The Morgan fingerprint density at radius 3 is 2.44 bits per heavy atom. The number of carbonyl (C=O) groups is 1. The molecule has 0 bridgehead atoms. The van der Waals surface area contributed by atoms with E-state index in [2.05, 4.69) is 22.0 Å². The van der Waals surface area contributed by atoms with Crippen LogP contribution in [0.4, 0.5) is 0 Å². The molecule has 0 spiro atoms. The molecule has 4 heteroatoms. The first-order valence-electron chi connectivity index (χ1n) is 5.93. The maximum atomic E-state index is 12.3. The summed E-state index contributed by atoms with van der Waals surface area (Å²) >= 11 is 3.37. The van der Waals surface area contributed by atoms with Crippen LogP contribution in [0.15, 0.2) is 24.3 Å². The van der Waals surface area contributed by atoms with Gasteiger partial charge in [0.05, 0.1) is 12.5 Å². The fourth-order valence-electron chi connectivity index (χ4n) is 1.67. The largest absolute Gasteiger partial charge is 0.335 e. The molecule has 1 amide bonds. The van der Waals surface area contributed by atoms with E-state index >= 15 is 0 Å². The molecule has 0 radical (unpaired) electrons. The number of halogens is 1. The Hall–Kier alpha value is -1.34. The van der Waals surface area contributed by atoms with Gasteiger partial charge < -0.3 is 4.90 Å². The predicted octanol–water partition coefficient (Wildman–Crippen LogP) is 3.35. The van der Waals surface area contributed by atoms with Gasteiger partial charge in [-0.3, -0.25) is 4.79 Å². The van der Waals surface area contributed by atoms with Crippen LogP contribution >= 0.6 is 15.9 Å². The van der Waals surface area contributed by atoms with Crippen molar-refractivity contribution in [2.45, 2.75) is 31.6 Å². The molecule has 0 aromatic heterocycles. The Kier molecular flexibility index (Phi) is 5.87. The SMILES string of the molecule is CC(C)N(CCC#N)C(=O)c1ccc(CBr)cc1. The Morgan fingerprint density at radius 2 is 2.00 bits per heavy atom. The van der Waals surface area contributed by atoms with Gasteiger partial charge in [-0.15, -0.1) is 0 Å². The summed E-state index contributed by atoms with van der Waals surface area (Å²) in [6.07, 6.45) is 0.364. The van der Waals surface area contributed by atoms with E-state index in [1.165, 1.54) is 0 Å². The van der Waals surface area contributed by atoms with Crippen molar-refractivity contribution in [2.24, 2.45) is 0 Å². The zero-order chi connectivity index (χ0) is 13.5. The summed E-state index contributed by atoms with van der Waals surface area (Å²) in [5.41, 5.74) is 1.81. The fourth-order valence-corrected chi connectivity index (χ4v) is 2.04. The molecule has 1 rings (SSSR count). The average molecular weight is 309 g/mol. The Morgan fingerprint density at radius 1 is 1.39 bits per heavy atom. The molecular formula is C14H17BrN2O. The number of nitrogens with zero attached hydrogens (tertiary/aromatic N) is 2. The van der Waals surface area contributed by atoms with Gasteiger partial charge in [0.1, 0.15) is 0 Å². The fraction of sp³-hybridized carbons (Fsp3) is 0.429. The van der Waals surface area contributed by atoms with E-state index in [1.807, 2.05) is 38.1 Å². The molecule has 0 unspecified atom stereocenters. The molecule has 0 aliphatic rings. The highest BCUT2D eigenvalue weighted by molar-refractivity contribution is 9.08. The van der Waals surface area contributed by atoms with Gasteiger partial charge in [-0.1, -0.05) is 28.1 Å². The lowest BCUT2D eigenvalue weighted by Gasteiger charge is -2.26. The van der Waals surface area contributed by atoms with Crippen LogP contribution in [0.5, 0.6) is 0 Å². The van der Waals surface area contributed by atoms with E-state index < -0.39 is 0 Å². The number of rotatable bonds is 5. The van der Waals surface area contributed by atoms with E-state index in [1.54, 1.807) is 4.90 Å². The summed E-state index contributed by atoms with van der Waals surface area (Å²) in [6.45, 7) is 4.40. The Bertz CT molecular complexity index is 434. The number of hydrogen-bond donors (Lipinski definition) is 0. The highest BCUT2D eigenvalue weighted by Gasteiger charge is 2.17. The summed E-state index contributed by atoms with van der Waals surface area (Å²) in [7, 11) is 0. The molecule has 0 fully saturated rings. The molecule has 0 saturated carbocycles. The quantitative estimate of drug-likeness (QED) is 0.783. The number of carbonyl (C=O) groups excluding carboxylic acids is 1. The van der Waals surface area contributed by atoms with Crippen LogP contribution in [0.2, 0.25) is 0 Å². The number of hydrogen-bond acceptors (Lipinski definition) is 2. The molecule has 0 aliphatic carbocycles. The van der Waals surface area contributed by atoms with E-state index in [4.69, 9.17) is 5.26 Å². The molecule has 1 aromatic rings. The minimum absolute atomic E-state index is 0.0126. The molecule has 0 heterocycles. The highest BCUT2D eigenvalue weighted by Crippen LogP contribution is 2.12. The third-order valence-electron chi connectivity index (χ3n) is 2.70. The second kappa shape index (κ2) is 7.17. The van der Waals surface area contributed by atoms with Crippen LogP contribution in [-0.2, 0) is 5.33 Å². The number of amides is 1. The maximum absolute atomic E-state index is 12.3. The summed E-state index contributed by atoms with van der Waals surface area (Å²) in [5.74, 6) is -0.0126. The summed E-state index contributed by atoms with van der Waals surface area (Å²) in [5, 5.41) is 9.41. The first kappa shape index (κ1) is 14.7. The lowest BCUT2D eigenvalue weighted by Crippen LogP contribution is -2.37. The topological polar surface area (TPSA) is 44.1 Å². The van der Waals surface area contributed by atoms with Crippen LogP contribution < -0.4 is 0 Å². The van der Waals surface area contributed by atoms with Gasteiger partial charge in [0.15, 0.2) is 0 Å². The van der Waals surface area contributed by atoms with E-state index in [0.29, 0.717) is 18.5 Å². The van der Waals surface area contributed by atoms with E-state index in [9.17, 15) is 4.79 Å². The Balaban J connectivity index is 2.84. The third-order valence-corrected chi connectivity index (χ3v) is 3.35. The van der Waals surface area contributed by atoms with Crippen molar-refractivity contribution in [2.75, 3.05) is 6.54 Å². The standard InChI is InChI=1S/C14H17BrN2O/c1-11(2)17(9-3-8-16)14(18)13-6-4-12(10-15)5-7-13/h4-7,11H,3,9-10H2,1-2H3. The van der Waals surface area contributed by atoms with Crippen LogP contribution in [0.25, 0.3) is 0 Å². The molecule has 0 saturated heterocycles. The normalized spacial score (nSPS) is 10.2. The zero-order valence-electron chi connectivity index (χ0n) is 10.7. The second-order valence-electron chi connectivity index (χ2n) is 4.33. The lowest BCUT2D eigenvalue weighted by molar-refractivity contribution is 0.0710. The van der Waals surface area contributed by atoms with Crippen molar-refractivity contribution in [1.29, 1.82) is 5.26 Å². The molecule has 96 valence electrons. The minimum Gasteiger partial charge on any atom is -0.335 e. The zero-order valence-corrected chi connectivity index (χ0v) is 12.3. The van der Waals surface area contributed by atoms with Crippen LogP contribution in [0.3, 0.4) is 0 Å². The van der Waals surface area contributed by atoms with Crippen LogP contribution in [0.1, 0.15) is 36.2 Å². The number of benzene rings is 1. The molecular weight excluding hydrogens is 292 g/mol. The third kappa shape index (κ3) is 3.85. The van der Waals surface area contributed by atoms with Crippen molar-refractivity contribution in [3.63, 3.8) is 0 Å². The summed E-state index contributed by atoms with van der Waals surface area (Å²) in [4.78, 5) is 14.0. The van der Waals surface area contributed by atoms with Gasteiger partial charge in [0.25, 0.3) is 5.91 Å². The first-order chi connectivity index (χ1) is 8.60. The smallest absolute Gasteiger partial charge is 0.254 e. The summed E-state index contributed by atoms with van der Waals surface area (Å²) < 4.78 is 0. The summed E-state index contributed by atoms with van der Waals surface area (Å²) in [6, 6.07) is 9.71. The van der Waals surface area contributed by atoms with Crippen molar-refractivity contribution in [3.05, 3.63) is 35.4 Å². The van der Waals surface area contributed by atoms with Crippen molar-refractivity contribution >= 4 is 21.8 Å².